The second-order valence-electron chi connectivity index (χ2n) is 1.85. The van der Waals surface area contributed by atoms with Crippen LogP contribution in [0, 0.1) is 0 Å². The molecule has 0 bridgehead atoms. The Morgan fingerprint density at radius 3 is 0.750 bits per heavy atom. The van der Waals surface area contributed by atoms with E-state index in [1.165, 1.54) is 35.5 Å². The van der Waals surface area contributed by atoms with Crippen molar-refractivity contribution in [1.29, 1.82) is 0 Å². The van der Waals surface area contributed by atoms with E-state index in [9.17, 15) is 0 Å². The van der Waals surface area contributed by atoms with Crippen LogP contribution in [0.3, 0.4) is 0 Å². The van der Waals surface area contributed by atoms with Gasteiger partial charge in [-0.25, -0.2) is 0 Å². The molecule has 0 aromatic rings. The average Bonchev–Trinajstić information content (AvgIpc) is 2.12. The van der Waals surface area contributed by atoms with Crippen molar-refractivity contribution in [1.82, 2.24) is 0 Å². The predicted octanol–water partition coefficient (Wildman–Crippen LogP) is -2.89. The maximum atomic E-state index is 5.03. The van der Waals surface area contributed by atoms with E-state index in [0.29, 0.717) is 0 Å². The van der Waals surface area contributed by atoms with Crippen molar-refractivity contribution in [2.24, 2.45) is 0 Å². The van der Waals surface area contributed by atoms with E-state index in [1.54, 1.807) is 0 Å². The molecule has 0 heterocycles. The molecular weight excluding hydrogens is 236 g/mol. The molecule has 0 saturated carbocycles. The Morgan fingerprint density at radius 1 is 0.583 bits per heavy atom. The van der Waals surface area contributed by atoms with E-state index in [4.69, 9.17) is 18.8 Å². The first kappa shape index (κ1) is 15.8. The van der Waals surface area contributed by atoms with E-state index in [0.717, 1.165) is 0 Å². The Morgan fingerprint density at radius 2 is 0.750 bits per heavy atom. The van der Waals surface area contributed by atoms with Gasteiger partial charge in [-0.3, -0.25) is 0 Å². The Kier molecular flexibility index (Phi) is 7.83. The Hall–Kier alpha value is 1.34. The molecule has 12 heavy (non-hydrogen) atoms. The van der Waals surface area contributed by atoms with E-state index < -0.39 is 13.9 Å². The zero-order valence-corrected chi connectivity index (χ0v) is 12.6. The minimum Gasteiger partial charge on any atom is 1.00 e. The van der Waals surface area contributed by atoms with Crippen LogP contribution in [0.2, 0.25) is 0 Å². The fraction of sp³-hybridized carbons (Fsp3) is 1.00. The smallest absolute Gasteiger partial charge is 1.00 e. The standard InChI is InChI=1S/C5H15GeO5.Na/c1-7-6(8-2,9-3,10-4)11-5;/h1-5H3;/q-1;+1. The molecule has 0 unspecified atom stereocenters. The van der Waals surface area contributed by atoms with Crippen molar-refractivity contribution in [2.45, 2.75) is 0 Å². The zero-order chi connectivity index (χ0) is 8.98. The third kappa shape index (κ3) is 2.66. The number of hydrogen-bond acceptors (Lipinski definition) is 5. The van der Waals surface area contributed by atoms with Crippen LogP contribution in [0.25, 0.3) is 0 Å². The van der Waals surface area contributed by atoms with Gasteiger partial charge in [-0.05, 0) is 0 Å². The molecule has 0 aromatic carbocycles. The summed E-state index contributed by atoms with van der Waals surface area (Å²) in [5.74, 6) is 0. The van der Waals surface area contributed by atoms with Crippen LogP contribution < -0.4 is 29.6 Å². The van der Waals surface area contributed by atoms with Gasteiger partial charge in [-0.2, -0.15) is 0 Å². The first-order valence-electron chi connectivity index (χ1n) is 3.06. The quantitative estimate of drug-likeness (QED) is 0.491. The van der Waals surface area contributed by atoms with Crippen molar-refractivity contribution in [2.75, 3.05) is 35.5 Å². The van der Waals surface area contributed by atoms with Crippen LogP contribution >= 0.6 is 0 Å². The molecule has 0 atom stereocenters. The van der Waals surface area contributed by atoms with E-state index in [-0.39, 0.29) is 29.6 Å². The van der Waals surface area contributed by atoms with E-state index in [2.05, 4.69) is 0 Å². The average molecular weight is 251 g/mol. The summed E-state index contributed by atoms with van der Waals surface area (Å²) in [6.45, 7) is 0. The first-order valence-corrected chi connectivity index (χ1v) is 7.34. The van der Waals surface area contributed by atoms with Crippen molar-refractivity contribution in [3.8, 4) is 0 Å². The van der Waals surface area contributed by atoms with Crippen LogP contribution in [0.15, 0.2) is 0 Å². The molecule has 0 aliphatic heterocycles. The van der Waals surface area contributed by atoms with Gasteiger partial charge >= 0.3 is 97.8 Å². The fourth-order valence-electron chi connectivity index (χ4n) is 0.833. The molecule has 0 aliphatic rings. The van der Waals surface area contributed by atoms with E-state index in [1.807, 2.05) is 0 Å². The summed E-state index contributed by atoms with van der Waals surface area (Å²) in [6.07, 6.45) is 0. The monoisotopic (exact) mass is 252 g/mol. The maximum absolute atomic E-state index is 5.03. The van der Waals surface area contributed by atoms with Crippen LogP contribution in [0.4, 0.5) is 0 Å². The fourth-order valence-corrected chi connectivity index (χ4v) is 4.33. The molecule has 7 heteroatoms. The van der Waals surface area contributed by atoms with Crippen LogP contribution in [-0.2, 0) is 18.8 Å². The summed E-state index contributed by atoms with van der Waals surface area (Å²) in [4.78, 5) is 0. The van der Waals surface area contributed by atoms with Crippen molar-refractivity contribution < 1.29 is 48.4 Å². The van der Waals surface area contributed by atoms with Gasteiger partial charge in [0.2, 0.25) is 0 Å². The predicted molar refractivity (Wildman–Crippen MR) is 40.8 cm³/mol. The molecule has 0 amide bonds. The second kappa shape index (κ2) is 5.95. The van der Waals surface area contributed by atoms with Crippen LogP contribution in [-0.4, -0.2) is 49.4 Å². The van der Waals surface area contributed by atoms with Crippen molar-refractivity contribution >= 4 is 13.9 Å². The first-order chi connectivity index (χ1) is 5.12. The molecule has 0 fully saturated rings. The van der Waals surface area contributed by atoms with Crippen molar-refractivity contribution in [3.05, 3.63) is 0 Å². The van der Waals surface area contributed by atoms with Gasteiger partial charge in [-0.15, -0.1) is 0 Å². The van der Waals surface area contributed by atoms with Crippen LogP contribution in [0.1, 0.15) is 0 Å². The summed E-state index contributed by atoms with van der Waals surface area (Å²) in [7, 11) is 7.14. The third-order valence-electron chi connectivity index (χ3n) is 1.67. The summed E-state index contributed by atoms with van der Waals surface area (Å²) in [5.41, 5.74) is 0. The molecule has 0 N–H and O–H groups in total. The number of hydrogen-bond donors (Lipinski definition) is 0. The molecule has 0 rings (SSSR count). The third-order valence-corrected chi connectivity index (χ3v) is 8.66. The van der Waals surface area contributed by atoms with E-state index >= 15 is 0 Å². The van der Waals surface area contributed by atoms with Gasteiger partial charge in [0.25, 0.3) is 0 Å². The van der Waals surface area contributed by atoms with Gasteiger partial charge in [0, 0.05) is 0 Å². The zero-order valence-electron chi connectivity index (χ0n) is 8.54. The molecule has 0 aromatic heterocycles. The molecule has 0 aliphatic carbocycles. The summed E-state index contributed by atoms with van der Waals surface area (Å²) in [5, 5.41) is 0. The van der Waals surface area contributed by atoms with Gasteiger partial charge < -0.3 is 0 Å². The minimum absolute atomic E-state index is 0. The number of rotatable bonds is 5. The maximum Gasteiger partial charge on any atom is 1.00 e. The Bertz CT molecular complexity index is 92.2. The van der Waals surface area contributed by atoms with Gasteiger partial charge in [0.15, 0.2) is 0 Å². The molecule has 5 nitrogen and oxygen atoms in total. The van der Waals surface area contributed by atoms with Crippen molar-refractivity contribution in [3.63, 3.8) is 0 Å². The second-order valence-corrected chi connectivity index (χ2v) is 9.63. The Labute approximate surface area is 97.3 Å². The molecule has 0 spiro atoms. The molecule has 0 radical (unpaired) electrons. The normalized spacial score (nSPS) is 14.6. The molecular formula is C5H15GeNaO5. The Balaban J connectivity index is 0. The summed E-state index contributed by atoms with van der Waals surface area (Å²) < 4.78 is 25.1. The molecule has 0 saturated heterocycles. The topological polar surface area (TPSA) is 46.2 Å². The van der Waals surface area contributed by atoms with Gasteiger partial charge in [0.1, 0.15) is 0 Å². The SMILES string of the molecule is C[O][Ge-]([O]C)([O]C)([O]C)[O]C.[Na+]. The minimum atomic E-state index is -4.36. The van der Waals surface area contributed by atoms with Gasteiger partial charge in [-0.1, -0.05) is 0 Å². The van der Waals surface area contributed by atoms with Gasteiger partial charge in [0.05, 0.1) is 0 Å². The van der Waals surface area contributed by atoms with Crippen LogP contribution in [0.5, 0.6) is 0 Å². The largest absolute Gasteiger partial charge is 1.00 e. The summed E-state index contributed by atoms with van der Waals surface area (Å²) >= 11 is -4.36. The summed E-state index contributed by atoms with van der Waals surface area (Å²) in [6, 6.07) is 0. The molecule has 70 valence electrons.